The molecule has 1 aromatic carbocycles. The molecule has 0 radical (unpaired) electrons. The molecular formula is C15H18ClNO4. The smallest absolute Gasteiger partial charge is 0.329 e. The number of carboxylic acids is 1. The summed E-state index contributed by atoms with van der Waals surface area (Å²) >= 11 is 5.92. The van der Waals surface area contributed by atoms with Crippen molar-refractivity contribution in [2.24, 2.45) is 0 Å². The molecule has 1 fully saturated rings. The number of ether oxygens (including phenoxy) is 1. The molecule has 5 nitrogen and oxygen atoms in total. The predicted molar refractivity (Wildman–Crippen MR) is 78.7 cm³/mol. The molecule has 1 saturated heterocycles. The van der Waals surface area contributed by atoms with Crippen molar-refractivity contribution in [1.29, 1.82) is 0 Å². The summed E-state index contributed by atoms with van der Waals surface area (Å²) in [7, 11) is 0. The number of amides is 1. The molecular weight excluding hydrogens is 294 g/mol. The maximum absolute atomic E-state index is 12.2. The molecule has 21 heavy (non-hydrogen) atoms. The Hall–Kier alpha value is -1.75. The number of halogens is 1. The fourth-order valence-electron chi connectivity index (χ4n) is 2.52. The molecule has 0 aromatic heterocycles. The molecule has 1 aliphatic rings. The lowest BCUT2D eigenvalue weighted by Crippen LogP contribution is -2.52. The van der Waals surface area contributed by atoms with Crippen LogP contribution in [0.15, 0.2) is 18.2 Å². The van der Waals surface area contributed by atoms with Crippen LogP contribution < -0.4 is 4.74 Å². The van der Waals surface area contributed by atoms with E-state index in [1.165, 1.54) is 4.90 Å². The first-order valence-corrected chi connectivity index (χ1v) is 7.15. The highest BCUT2D eigenvalue weighted by Gasteiger charge is 2.45. The minimum absolute atomic E-state index is 0.177. The van der Waals surface area contributed by atoms with E-state index in [2.05, 4.69) is 0 Å². The normalized spacial score (nSPS) is 21.4. The van der Waals surface area contributed by atoms with E-state index < -0.39 is 11.5 Å². The van der Waals surface area contributed by atoms with Crippen LogP contribution in [0.4, 0.5) is 0 Å². The van der Waals surface area contributed by atoms with Crippen LogP contribution >= 0.6 is 11.6 Å². The lowest BCUT2D eigenvalue weighted by molar-refractivity contribution is -0.156. The summed E-state index contributed by atoms with van der Waals surface area (Å²) < 4.78 is 5.45. The zero-order valence-corrected chi connectivity index (χ0v) is 12.8. The van der Waals surface area contributed by atoms with E-state index in [1.807, 2.05) is 6.92 Å². The van der Waals surface area contributed by atoms with Crippen molar-refractivity contribution in [3.63, 3.8) is 0 Å². The van der Waals surface area contributed by atoms with E-state index in [0.717, 1.165) is 5.56 Å². The molecule has 1 N–H and O–H groups in total. The number of aliphatic carboxylic acids is 1. The first-order valence-electron chi connectivity index (χ1n) is 6.77. The Kier molecular flexibility index (Phi) is 4.42. The largest absolute Gasteiger partial charge is 0.484 e. The number of rotatable bonds is 4. The van der Waals surface area contributed by atoms with Crippen LogP contribution in [0, 0.1) is 6.92 Å². The maximum Gasteiger partial charge on any atom is 0.329 e. The molecule has 0 aliphatic carbocycles. The van der Waals surface area contributed by atoms with E-state index in [4.69, 9.17) is 16.3 Å². The van der Waals surface area contributed by atoms with Crippen molar-refractivity contribution in [1.82, 2.24) is 4.90 Å². The Morgan fingerprint density at radius 2 is 2.19 bits per heavy atom. The summed E-state index contributed by atoms with van der Waals surface area (Å²) in [6, 6.07) is 5.13. The number of hydrogen-bond acceptors (Lipinski definition) is 3. The minimum atomic E-state index is -1.13. The molecule has 1 aliphatic heterocycles. The monoisotopic (exact) mass is 311 g/mol. The van der Waals surface area contributed by atoms with Crippen molar-refractivity contribution in [3.8, 4) is 5.75 Å². The molecule has 114 valence electrons. The molecule has 1 heterocycles. The van der Waals surface area contributed by atoms with Gasteiger partial charge in [0.1, 0.15) is 11.3 Å². The third-order valence-electron chi connectivity index (χ3n) is 3.89. The third kappa shape index (κ3) is 3.13. The maximum atomic E-state index is 12.2. The van der Waals surface area contributed by atoms with Crippen molar-refractivity contribution >= 4 is 23.5 Å². The molecule has 1 atom stereocenters. The Morgan fingerprint density at radius 1 is 1.48 bits per heavy atom. The topological polar surface area (TPSA) is 66.8 Å². The second-order valence-electron chi connectivity index (χ2n) is 5.43. The van der Waals surface area contributed by atoms with Crippen LogP contribution in [0.25, 0.3) is 0 Å². The number of nitrogens with zero attached hydrogens (tertiary/aromatic N) is 1. The van der Waals surface area contributed by atoms with E-state index in [1.54, 1.807) is 25.1 Å². The number of carboxylic acid groups (broad SMARTS) is 1. The number of likely N-dealkylation sites (tertiary alicyclic amines) is 1. The van der Waals surface area contributed by atoms with Crippen LogP contribution in [-0.4, -0.2) is 40.6 Å². The predicted octanol–water partition coefficient (Wildman–Crippen LogP) is 2.49. The van der Waals surface area contributed by atoms with Gasteiger partial charge in [-0.2, -0.15) is 0 Å². The molecule has 1 unspecified atom stereocenters. The van der Waals surface area contributed by atoms with Gasteiger partial charge in [0.05, 0.1) is 0 Å². The van der Waals surface area contributed by atoms with Gasteiger partial charge < -0.3 is 14.7 Å². The molecule has 2 rings (SSSR count). The summed E-state index contributed by atoms with van der Waals surface area (Å²) in [6.45, 7) is 3.69. The van der Waals surface area contributed by atoms with Gasteiger partial charge >= 0.3 is 5.97 Å². The van der Waals surface area contributed by atoms with Crippen LogP contribution in [0.5, 0.6) is 5.75 Å². The minimum Gasteiger partial charge on any atom is -0.484 e. The average Bonchev–Trinajstić information content (AvgIpc) is 2.83. The summed E-state index contributed by atoms with van der Waals surface area (Å²) in [5.74, 6) is -0.748. The summed E-state index contributed by atoms with van der Waals surface area (Å²) in [4.78, 5) is 24.9. The molecule has 1 aromatic rings. The van der Waals surface area contributed by atoms with Gasteiger partial charge in [-0.15, -0.1) is 0 Å². The zero-order chi connectivity index (χ0) is 15.6. The third-order valence-corrected chi connectivity index (χ3v) is 4.32. The van der Waals surface area contributed by atoms with E-state index in [9.17, 15) is 14.7 Å². The molecule has 6 heteroatoms. The average molecular weight is 312 g/mol. The first-order chi connectivity index (χ1) is 9.84. The van der Waals surface area contributed by atoms with Crippen LogP contribution in [0.2, 0.25) is 5.02 Å². The Labute approximate surface area is 128 Å². The Bertz CT molecular complexity index is 575. The zero-order valence-electron chi connectivity index (χ0n) is 12.1. The van der Waals surface area contributed by atoms with Crippen molar-refractivity contribution < 1.29 is 19.4 Å². The van der Waals surface area contributed by atoms with Gasteiger partial charge in [0.15, 0.2) is 6.61 Å². The van der Waals surface area contributed by atoms with Gasteiger partial charge in [-0.05, 0) is 50.5 Å². The highest BCUT2D eigenvalue weighted by molar-refractivity contribution is 6.31. The standard InChI is InChI=1S/C15H18ClNO4/c1-10-8-11(4-5-12(10)16)21-9-13(18)17-7-3-6-15(17,2)14(19)20/h4-5,8H,3,6-7,9H2,1-2H3,(H,19,20). The summed E-state index contributed by atoms with van der Waals surface area (Å²) in [5.41, 5.74) is -0.269. The van der Waals surface area contributed by atoms with Crippen LogP contribution in [-0.2, 0) is 9.59 Å². The highest BCUT2D eigenvalue weighted by Crippen LogP contribution is 2.29. The van der Waals surface area contributed by atoms with Gasteiger partial charge in [0, 0.05) is 11.6 Å². The quantitative estimate of drug-likeness (QED) is 0.927. The Morgan fingerprint density at radius 3 is 2.81 bits per heavy atom. The van der Waals surface area contributed by atoms with Gasteiger partial charge in [0.25, 0.3) is 5.91 Å². The highest BCUT2D eigenvalue weighted by atomic mass is 35.5. The first kappa shape index (κ1) is 15.6. The second-order valence-corrected chi connectivity index (χ2v) is 5.83. The van der Waals surface area contributed by atoms with Gasteiger partial charge in [-0.3, -0.25) is 4.79 Å². The summed E-state index contributed by atoms with van der Waals surface area (Å²) in [6.07, 6.45) is 1.16. The number of hydrogen-bond donors (Lipinski definition) is 1. The molecule has 0 bridgehead atoms. The van der Waals surface area contributed by atoms with E-state index >= 15 is 0 Å². The lowest BCUT2D eigenvalue weighted by atomic mass is 9.99. The SMILES string of the molecule is Cc1cc(OCC(=O)N2CCCC2(C)C(=O)O)ccc1Cl. The Balaban J connectivity index is 2.01. The van der Waals surface area contributed by atoms with E-state index in [0.29, 0.717) is 30.2 Å². The van der Waals surface area contributed by atoms with E-state index in [-0.39, 0.29) is 12.5 Å². The summed E-state index contributed by atoms with van der Waals surface area (Å²) in [5, 5.41) is 9.93. The van der Waals surface area contributed by atoms with Crippen molar-refractivity contribution in [2.45, 2.75) is 32.2 Å². The van der Waals surface area contributed by atoms with Crippen LogP contribution in [0.1, 0.15) is 25.3 Å². The molecule has 0 saturated carbocycles. The van der Waals surface area contributed by atoms with Crippen molar-refractivity contribution in [2.75, 3.05) is 13.2 Å². The molecule has 1 amide bonds. The second kappa shape index (κ2) is 5.93. The number of carbonyl (C=O) groups is 2. The van der Waals surface area contributed by atoms with Gasteiger partial charge in [-0.25, -0.2) is 4.79 Å². The fourth-order valence-corrected chi connectivity index (χ4v) is 2.63. The van der Waals surface area contributed by atoms with Crippen LogP contribution in [0.3, 0.4) is 0 Å². The fraction of sp³-hybridized carbons (Fsp3) is 0.467. The van der Waals surface area contributed by atoms with Gasteiger partial charge in [0.2, 0.25) is 0 Å². The lowest BCUT2D eigenvalue weighted by Gasteiger charge is -2.31. The number of aryl methyl sites for hydroxylation is 1. The van der Waals surface area contributed by atoms with Gasteiger partial charge in [-0.1, -0.05) is 11.6 Å². The molecule has 0 spiro atoms. The number of benzene rings is 1. The number of carbonyl (C=O) groups excluding carboxylic acids is 1. The van der Waals surface area contributed by atoms with Crippen molar-refractivity contribution in [3.05, 3.63) is 28.8 Å².